The molecule has 5 amide bonds. The third-order valence-electron chi connectivity index (χ3n) is 12.9. The van der Waals surface area contributed by atoms with E-state index < -0.39 is 35.5 Å². The zero-order chi connectivity index (χ0) is 40.9. The van der Waals surface area contributed by atoms with Crippen molar-refractivity contribution in [3.63, 3.8) is 0 Å². The van der Waals surface area contributed by atoms with Crippen molar-refractivity contribution in [2.75, 3.05) is 42.5 Å². The van der Waals surface area contributed by atoms with E-state index in [1.54, 1.807) is 24.3 Å². The van der Waals surface area contributed by atoms with Gasteiger partial charge in [-0.2, -0.15) is 5.26 Å². The molecule has 6 fully saturated rings. The van der Waals surface area contributed by atoms with Gasteiger partial charge >= 0.3 is 0 Å². The largest absolute Gasteiger partial charge is 0.490 e. The highest BCUT2D eigenvalue weighted by Crippen LogP contribution is 2.38. The van der Waals surface area contributed by atoms with Gasteiger partial charge < -0.3 is 19.9 Å². The van der Waals surface area contributed by atoms with Gasteiger partial charge in [-0.05, 0) is 93.7 Å². The fourth-order valence-electron chi connectivity index (χ4n) is 9.60. The minimum Gasteiger partial charge on any atom is -0.490 e. The molecule has 1 aliphatic carbocycles. The van der Waals surface area contributed by atoms with Crippen molar-refractivity contribution in [2.45, 2.75) is 88.1 Å². The van der Waals surface area contributed by atoms with Crippen molar-refractivity contribution in [1.29, 1.82) is 5.26 Å². The van der Waals surface area contributed by atoms with Gasteiger partial charge in [-0.25, -0.2) is 4.39 Å². The first-order valence-corrected chi connectivity index (χ1v) is 20.7. The number of aromatic nitrogens is 2. The Bertz CT molecular complexity index is 2240. The Hall–Kier alpha value is -5.66. The number of benzene rings is 2. The van der Waals surface area contributed by atoms with Gasteiger partial charge in [-0.3, -0.25) is 39.1 Å². The fourth-order valence-corrected chi connectivity index (χ4v) is 9.81. The lowest BCUT2D eigenvalue weighted by Crippen LogP contribution is -2.69. The van der Waals surface area contributed by atoms with Crippen molar-refractivity contribution in [3.05, 3.63) is 75.7 Å². The summed E-state index contributed by atoms with van der Waals surface area (Å²) in [6, 6.07) is 12.9. The van der Waals surface area contributed by atoms with Gasteiger partial charge in [0, 0.05) is 63.3 Å². The number of carbonyl (C=O) groups excluding carboxylic acids is 5. The summed E-state index contributed by atoms with van der Waals surface area (Å²) in [4.78, 5) is 71.2. The van der Waals surface area contributed by atoms with E-state index in [2.05, 4.69) is 30.6 Å². The minimum atomic E-state index is -1.10. The van der Waals surface area contributed by atoms with Crippen LogP contribution in [0.2, 0.25) is 5.02 Å². The molecule has 3 aromatic rings. The molecule has 306 valence electrons. The molecule has 1 saturated carbocycles. The van der Waals surface area contributed by atoms with Crippen molar-refractivity contribution in [2.24, 2.45) is 5.92 Å². The van der Waals surface area contributed by atoms with Gasteiger partial charge in [-0.15, -0.1) is 10.2 Å². The van der Waals surface area contributed by atoms with E-state index in [1.165, 1.54) is 6.07 Å². The number of nitrogens with zero attached hydrogens (tertiary/aromatic N) is 7. The van der Waals surface area contributed by atoms with Crippen molar-refractivity contribution < 1.29 is 33.1 Å². The molecule has 0 radical (unpaired) electrons. The van der Waals surface area contributed by atoms with Gasteiger partial charge in [0.1, 0.15) is 23.7 Å². The van der Waals surface area contributed by atoms with Crippen molar-refractivity contribution >= 4 is 52.6 Å². The Balaban J connectivity index is 0.725. The number of rotatable bonds is 9. The van der Waals surface area contributed by atoms with Crippen LogP contribution in [0, 0.1) is 23.1 Å². The summed E-state index contributed by atoms with van der Waals surface area (Å²) in [5.41, 5.74) is 0.976. The predicted molar refractivity (Wildman–Crippen MR) is 211 cm³/mol. The summed E-state index contributed by atoms with van der Waals surface area (Å²) in [5, 5.41) is 23.5. The molecule has 10 rings (SSSR count). The molecule has 5 saturated heterocycles. The van der Waals surface area contributed by atoms with Crippen LogP contribution in [-0.4, -0.2) is 113 Å². The summed E-state index contributed by atoms with van der Waals surface area (Å²) in [6.07, 6.45) is 5.97. The molecule has 3 unspecified atom stereocenters. The normalized spacial score (nSPS) is 25.9. The average molecular weight is 824 g/mol. The summed E-state index contributed by atoms with van der Waals surface area (Å²) in [7, 11) is 0. The molecule has 1 aromatic heterocycles. The number of anilines is 2. The number of piperidine rings is 3. The van der Waals surface area contributed by atoms with E-state index in [-0.39, 0.29) is 53.4 Å². The van der Waals surface area contributed by atoms with Gasteiger partial charge in [0.2, 0.25) is 11.8 Å². The number of ether oxygens (including phenoxy) is 1. The Morgan fingerprint density at radius 3 is 2.31 bits per heavy atom. The average Bonchev–Trinajstić information content (AvgIpc) is 3.47. The van der Waals surface area contributed by atoms with E-state index in [0.717, 1.165) is 81.4 Å². The molecule has 3 atom stereocenters. The first-order valence-electron chi connectivity index (χ1n) is 20.3. The molecule has 0 spiro atoms. The van der Waals surface area contributed by atoms with E-state index in [0.29, 0.717) is 47.4 Å². The molecule has 2 N–H and O–H groups in total. The fraction of sp³-hybridized carbons (Fsp3) is 0.476. The summed E-state index contributed by atoms with van der Waals surface area (Å²) in [6.45, 7) is 3.79. The second-order valence-electron chi connectivity index (χ2n) is 16.5. The predicted octanol–water partition coefficient (Wildman–Crippen LogP) is 3.84. The zero-order valence-electron chi connectivity index (χ0n) is 32.2. The highest BCUT2D eigenvalue weighted by atomic mass is 35.5. The van der Waals surface area contributed by atoms with Crippen LogP contribution >= 0.6 is 11.6 Å². The number of halogens is 2. The number of nitrogens with one attached hydrogen (secondary N) is 2. The highest BCUT2D eigenvalue weighted by Gasteiger charge is 2.47. The lowest BCUT2D eigenvalue weighted by atomic mass is 9.84. The number of piperazine rings is 1. The molecule has 2 bridgehead atoms. The molecule has 7 heterocycles. The van der Waals surface area contributed by atoms with Crippen LogP contribution in [0.4, 0.5) is 15.9 Å². The molecule has 6 aliphatic heterocycles. The quantitative estimate of drug-likeness (QED) is 0.298. The Labute approximate surface area is 344 Å². The van der Waals surface area contributed by atoms with Crippen LogP contribution in [0.5, 0.6) is 5.75 Å². The topological polar surface area (TPSA) is 181 Å². The smallest absolute Gasteiger partial charge is 0.272 e. The molecule has 2 aromatic carbocycles. The maximum atomic E-state index is 15.5. The second-order valence-corrected chi connectivity index (χ2v) is 16.9. The van der Waals surface area contributed by atoms with Crippen molar-refractivity contribution in [1.82, 2.24) is 30.6 Å². The Kier molecular flexibility index (Phi) is 10.4. The summed E-state index contributed by atoms with van der Waals surface area (Å²) in [5.74, 6) is -1.54. The zero-order valence-corrected chi connectivity index (χ0v) is 33.0. The Morgan fingerprint density at radius 2 is 1.64 bits per heavy atom. The second kappa shape index (κ2) is 15.8. The van der Waals surface area contributed by atoms with Crippen LogP contribution in [-0.2, 0) is 9.59 Å². The standard InChI is InChI=1S/C42H43ClFN9O6/c43-32-16-29(4-1-24(32)19-45)59-28-5-2-25(3-6-28)46-39(55)34-7-9-37(49-48-34)51-21-26-15-27(22-51)52(26)20-23-11-13-50(14-12-23)36-18-31-30(17-33(36)44)41(57)53(42(31)58)35-8-10-38(54)47-40(35)56/h1,4,7,9,16-18,23,25-28,35H,2-3,5-6,8,10-15,20-22H2,(H,46,55)(H,47,54,56)/t25-,26?,27?,28-,35?. The SMILES string of the molecule is N#Cc1ccc(O[C@H]2CC[C@H](NC(=O)c3ccc(N4CC5CC(C4)N5CC4CCN(c5cc6c(cc5F)C(=O)N(C5CCC(=O)NC5=O)C6=O)CC4)nn3)CC2)cc1Cl. The van der Waals surface area contributed by atoms with Crippen LogP contribution in [0.25, 0.3) is 0 Å². The highest BCUT2D eigenvalue weighted by molar-refractivity contribution is 6.31. The maximum Gasteiger partial charge on any atom is 0.272 e. The van der Waals surface area contributed by atoms with Gasteiger partial charge in [0.25, 0.3) is 17.7 Å². The number of amides is 5. The number of imide groups is 2. The van der Waals surface area contributed by atoms with Crippen LogP contribution in [0.3, 0.4) is 0 Å². The van der Waals surface area contributed by atoms with Gasteiger partial charge in [0.15, 0.2) is 11.5 Å². The number of nitriles is 1. The number of carbonyl (C=O) groups is 5. The first-order chi connectivity index (χ1) is 28.5. The molecular weight excluding hydrogens is 781 g/mol. The van der Waals surface area contributed by atoms with E-state index >= 15 is 4.39 Å². The molecule has 7 aliphatic rings. The van der Waals surface area contributed by atoms with Crippen LogP contribution < -0.4 is 25.2 Å². The first kappa shape index (κ1) is 38.8. The molecule has 15 nitrogen and oxygen atoms in total. The molecule has 59 heavy (non-hydrogen) atoms. The lowest BCUT2D eigenvalue weighted by Gasteiger charge is -2.57. The minimum absolute atomic E-state index is 0.00561. The van der Waals surface area contributed by atoms with E-state index in [4.69, 9.17) is 21.6 Å². The lowest BCUT2D eigenvalue weighted by molar-refractivity contribution is -0.136. The maximum absolute atomic E-state index is 15.5. The third-order valence-corrected chi connectivity index (χ3v) is 13.2. The van der Waals surface area contributed by atoms with Gasteiger partial charge in [0.05, 0.1) is 33.5 Å². The summed E-state index contributed by atoms with van der Waals surface area (Å²) < 4.78 is 21.6. The Morgan fingerprint density at radius 1 is 0.915 bits per heavy atom. The number of fused-ring (bicyclic) bond motifs is 3. The number of hydrogen-bond donors (Lipinski definition) is 2. The van der Waals surface area contributed by atoms with Crippen molar-refractivity contribution in [3.8, 4) is 11.8 Å². The third kappa shape index (κ3) is 7.57. The van der Waals surface area contributed by atoms with Crippen LogP contribution in [0.15, 0.2) is 42.5 Å². The monoisotopic (exact) mass is 823 g/mol. The van der Waals surface area contributed by atoms with E-state index in [9.17, 15) is 24.0 Å². The molecular formula is C42H43ClFN9O6. The number of hydrogen-bond acceptors (Lipinski definition) is 12. The van der Waals surface area contributed by atoms with Crippen LogP contribution in [0.1, 0.15) is 94.6 Å². The summed E-state index contributed by atoms with van der Waals surface area (Å²) >= 11 is 6.15. The molecule has 17 heteroatoms. The van der Waals surface area contributed by atoms with Gasteiger partial charge in [-0.1, -0.05) is 11.6 Å². The van der Waals surface area contributed by atoms with E-state index in [1.807, 2.05) is 17.0 Å².